The third-order valence-corrected chi connectivity index (χ3v) is 7.19. The van der Waals surface area contributed by atoms with Gasteiger partial charge >= 0.3 is 0 Å². The second-order valence-corrected chi connectivity index (χ2v) is 9.27. The summed E-state index contributed by atoms with van der Waals surface area (Å²) in [6, 6.07) is 8.06. The average Bonchev–Trinajstić information content (AvgIpc) is 2.75. The SMILES string of the molecule is Cc1cccnc1NC(=O)C1CCN(S(=O)(=O)c2ccc3c(c2)OCC(=O)N3)CC1. The number of hydrogen-bond acceptors (Lipinski definition) is 6. The van der Waals surface area contributed by atoms with E-state index < -0.39 is 10.0 Å². The van der Waals surface area contributed by atoms with E-state index in [-0.39, 0.29) is 42.3 Å². The van der Waals surface area contributed by atoms with Crippen LogP contribution >= 0.6 is 0 Å². The second kappa shape index (κ2) is 8.04. The third kappa shape index (κ3) is 4.01. The number of fused-ring (bicyclic) bond motifs is 1. The molecular formula is C20H22N4O5S. The maximum Gasteiger partial charge on any atom is 0.262 e. The number of pyridine rings is 1. The molecule has 2 aromatic rings. The number of amides is 2. The van der Waals surface area contributed by atoms with E-state index in [2.05, 4.69) is 15.6 Å². The first-order valence-electron chi connectivity index (χ1n) is 9.64. The number of ether oxygens (including phenoxy) is 1. The molecule has 0 saturated carbocycles. The first-order valence-corrected chi connectivity index (χ1v) is 11.1. The summed E-state index contributed by atoms with van der Waals surface area (Å²) in [5, 5.41) is 5.47. The minimum absolute atomic E-state index is 0.101. The van der Waals surface area contributed by atoms with Gasteiger partial charge in [0.1, 0.15) is 11.6 Å². The van der Waals surface area contributed by atoms with Crippen molar-refractivity contribution in [2.45, 2.75) is 24.7 Å². The molecule has 30 heavy (non-hydrogen) atoms. The van der Waals surface area contributed by atoms with Gasteiger partial charge in [-0.15, -0.1) is 0 Å². The summed E-state index contributed by atoms with van der Waals surface area (Å²) >= 11 is 0. The lowest BCUT2D eigenvalue weighted by atomic mass is 9.97. The minimum Gasteiger partial charge on any atom is -0.482 e. The van der Waals surface area contributed by atoms with Crippen molar-refractivity contribution >= 4 is 33.3 Å². The molecule has 2 amide bonds. The van der Waals surface area contributed by atoms with Crippen LogP contribution in [-0.4, -0.2) is 49.2 Å². The van der Waals surface area contributed by atoms with E-state index in [9.17, 15) is 18.0 Å². The Hall–Kier alpha value is -2.98. The van der Waals surface area contributed by atoms with Crippen molar-refractivity contribution in [3.63, 3.8) is 0 Å². The smallest absolute Gasteiger partial charge is 0.262 e. The van der Waals surface area contributed by atoms with E-state index in [0.29, 0.717) is 30.1 Å². The highest BCUT2D eigenvalue weighted by atomic mass is 32.2. The number of piperidine rings is 1. The van der Waals surface area contributed by atoms with Crippen LogP contribution in [0.3, 0.4) is 0 Å². The van der Waals surface area contributed by atoms with Gasteiger partial charge in [0, 0.05) is 31.3 Å². The summed E-state index contributed by atoms with van der Waals surface area (Å²) in [5.41, 5.74) is 1.32. The van der Waals surface area contributed by atoms with E-state index in [0.717, 1.165) is 5.56 Å². The van der Waals surface area contributed by atoms with Gasteiger partial charge in [-0.1, -0.05) is 6.07 Å². The molecule has 4 rings (SSSR count). The number of nitrogens with zero attached hydrogens (tertiary/aromatic N) is 2. The molecule has 2 N–H and O–H groups in total. The Morgan fingerprint density at radius 2 is 2.03 bits per heavy atom. The lowest BCUT2D eigenvalue weighted by molar-refractivity contribution is -0.121. The maximum atomic E-state index is 13.0. The topological polar surface area (TPSA) is 118 Å². The lowest BCUT2D eigenvalue weighted by Gasteiger charge is -2.30. The van der Waals surface area contributed by atoms with Crippen molar-refractivity contribution in [3.8, 4) is 5.75 Å². The normalized spacial score (nSPS) is 17.6. The Kier molecular flexibility index (Phi) is 5.44. The third-order valence-electron chi connectivity index (χ3n) is 5.30. The van der Waals surface area contributed by atoms with Gasteiger partial charge in [0.15, 0.2) is 6.61 Å². The van der Waals surface area contributed by atoms with Gasteiger partial charge in [-0.25, -0.2) is 13.4 Å². The number of nitrogens with one attached hydrogen (secondary N) is 2. The second-order valence-electron chi connectivity index (χ2n) is 7.33. The predicted octanol–water partition coefficient (Wildman–Crippen LogP) is 1.76. The van der Waals surface area contributed by atoms with E-state index in [1.807, 2.05) is 13.0 Å². The lowest BCUT2D eigenvalue weighted by Crippen LogP contribution is -2.41. The summed E-state index contributed by atoms with van der Waals surface area (Å²) < 4.78 is 32.7. The Labute approximate surface area is 174 Å². The van der Waals surface area contributed by atoms with Crippen LogP contribution in [0.1, 0.15) is 18.4 Å². The van der Waals surface area contributed by atoms with Gasteiger partial charge in [0.05, 0.1) is 10.6 Å². The zero-order valence-corrected chi connectivity index (χ0v) is 17.2. The standard InChI is InChI=1S/C20H22N4O5S/c1-13-3-2-8-21-19(13)23-20(26)14-6-9-24(10-7-14)30(27,28)15-4-5-16-17(11-15)29-12-18(25)22-16/h2-5,8,11,14H,6-7,9-10,12H2,1H3,(H,22,25)(H,21,23,26). The largest absolute Gasteiger partial charge is 0.482 e. The number of rotatable bonds is 4. The van der Waals surface area contributed by atoms with Gasteiger partial charge in [-0.05, 0) is 43.5 Å². The summed E-state index contributed by atoms with van der Waals surface area (Å²) in [4.78, 5) is 28.2. The number of aryl methyl sites for hydroxylation is 1. The van der Waals surface area contributed by atoms with Crippen LogP contribution in [-0.2, 0) is 19.6 Å². The van der Waals surface area contributed by atoms with E-state index in [1.165, 1.54) is 22.5 Å². The van der Waals surface area contributed by atoms with Crippen LogP contribution in [0.25, 0.3) is 0 Å². The van der Waals surface area contributed by atoms with Crippen molar-refractivity contribution in [3.05, 3.63) is 42.1 Å². The fourth-order valence-corrected chi connectivity index (χ4v) is 5.04. The van der Waals surface area contributed by atoms with Crippen molar-refractivity contribution in [1.82, 2.24) is 9.29 Å². The first kappa shape index (κ1) is 20.3. The van der Waals surface area contributed by atoms with Crippen molar-refractivity contribution in [2.75, 3.05) is 30.3 Å². The molecular weight excluding hydrogens is 408 g/mol. The van der Waals surface area contributed by atoms with E-state index in [1.54, 1.807) is 12.3 Å². The highest BCUT2D eigenvalue weighted by Gasteiger charge is 2.33. The average molecular weight is 430 g/mol. The first-order chi connectivity index (χ1) is 14.3. The molecule has 0 spiro atoms. The van der Waals surface area contributed by atoms with Crippen molar-refractivity contribution in [1.29, 1.82) is 0 Å². The van der Waals surface area contributed by atoms with E-state index in [4.69, 9.17) is 4.74 Å². The number of carbonyl (C=O) groups excluding carboxylic acids is 2. The van der Waals surface area contributed by atoms with Crippen LogP contribution in [0.5, 0.6) is 5.75 Å². The number of benzene rings is 1. The number of sulfonamides is 1. The molecule has 158 valence electrons. The number of carbonyl (C=O) groups is 2. The summed E-state index contributed by atoms with van der Waals surface area (Å²) in [7, 11) is -3.73. The van der Waals surface area contributed by atoms with Crippen LogP contribution in [0.4, 0.5) is 11.5 Å². The fourth-order valence-electron chi connectivity index (χ4n) is 3.56. The molecule has 1 aromatic heterocycles. The van der Waals surface area contributed by atoms with Gasteiger partial charge in [-0.3, -0.25) is 9.59 Å². The van der Waals surface area contributed by atoms with E-state index >= 15 is 0 Å². The monoisotopic (exact) mass is 430 g/mol. The highest BCUT2D eigenvalue weighted by Crippen LogP contribution is 2.32. The molecule has 0 unspecified atom stereocenters. The van der Waals surface area contributed by atoms with Gasteiger partial charge < -0.3 is 15.4 Å². The molecule has 2 aliphatic rings. The predicted molar refractivity (Wildman–Crippen MR) is 110 cm³/mol. The molecule has 0 aliphatic carbocycles. The minimum atomic E-state index is -3.73. The molecule has 1 aromatic carbocycles. The molecule has 10 heteroatoms. The van der Waals surface area contributed by atoms with Crippen molar-refractivity contribution in [2.24, 2.45) is 5.92 Å². The molecule has 3 heterocycles. The van der Waals surface area contributed by atoms with Crippen molar-refractivity contribution < 1.29 is 22.7 Å². The molecule has 9 nitrogen and oxygen atoms in total. The highest BCUT2D eigenvalue weighted by molar-refractivity contribution is 7.89. The van der Waals surface area contributed by atoms with Crippen LogP contribution in [0, 0.1) is 12.8 Å². The molecule has 1 saturated heterocycles. The fraction of sp³-hybridized carbons (Fsp3) is 0.350. The number of aromatic nitrogens is 1. The number of hydrogen-bond donors (Lipinski definition) is 2. The zero-order chi connectivity index (χ0) is 21.3. The Bertz CT molecular complexity index is 1090. The Balaban J connectivity index is 1.41. The van der Waals surface area contributed by atoms with Gasteiger partial charge in [0.25, 0.3) is 5.91 Å². The van der Waals surface area contributed by atoms with Crippen LogP contribution in [0.15, 0.2) is 41.4 Å². The quantitative estimate of drug-likeness (QED) is 0.763. The van der Waals surface area contributed by atoms with Crippen LogP contribution in [0.2, 0.25) is 0 Å². The molecule has 2 aliphatic heterocycles. The molecule has 1 fully saturated rings. The molecule has 0 radical (unpaired) electrons. The van der Waals surface area contributed by atoms with Gasteiger partial charge in [-0.2, -0.15) is 4.31 Å². The summed E-state index contributed by atoms with van der Waals surface area (Å²) in [6.07, 6.45) is 2.47. The van der Waals surface area contributed by atoms with Crippen LogP contribution < -0.4 is 15.4 Å². The zero-order valence-electron chi connectivity index (χ0n) is 16.4. The molecule has 0 bridgehead atoms. The summed E-state index contributed by atoms with van der Waals surface area (Å²) in [6.45, 7) is 2.21. The molecule has 0 atom stereocenters. The van der Waals surface area contributed by atoms with Gasteiger partial charge in [0.2, 0.25) is 15.9 Å². The Morgan fingerprint density at radius 1 is 1.27 bits per heavy atom. The maximum absolute atomic E-state index is 13.0. The number of anilines is 2. The Morgan fingerprint density at radius 3 is 2.77 bits per heavy atom. The summed E-state index contributed by atoms with van der Waals surface area (Å²) in [5.74, 6) is 0.153.